The monoisotopic (exact) mass is 246 g/mol. The van der Waals surface area contributed by atoms with Crippen LogP contribution in [-0.2, 0) is 11.2 Å². The molecule has 0 aromatic heterocycles. The summed E-state index contributed by atoms with van der Waals surface area (Å²) < 4.78 is 0. The van der Waals surface area contributed by atoms with E-state index in [0.717, 1.165) is 19.4 Å². The Bertz CT molecular complexity index is 402. The van der Waals surface area contributed by atoms with E-state index in [9.17, 15) is 4.79 Å². The van der Waals surface area contributed by atoms with Gasteiger partial charge in [-0.05, 0) is 38.2 Å². The Morgan fingerprint density at radius 1 is 1.44 bits per heavy atom. The maximum Gasteiger partial charge on any atom is 0.239 e. The minimum absolute atomic E-state index is 0.0815. The van der Waals surface area contributed by atoms with Crippen molar-refractivity contribution in [3.63, 3.8) is 0 Å². The molecule has 0 spiro atoms. The number of hydrogen-bond acceptors (Lipinski definition) is 2. The van der Waals surface area contributed by atoms with Gasteiger partial charge in [0.25, 0.3) is 0 Å². The highest BCUT2D eigenvalue weighted by Gasteiger charge is 2.34. The van der Waals surface area contributed by atoms with E-state index in [0.29, 0.717) is 12.0 Å². The molecule has 2 rings (SSSR count). The van der Waals surface area contributed by atoms with Gasteiger partial charge in [-0.2, -0.15) is 0 Å². The Hall–Kier alpha value is -1.35. The summed E-state index contributed by atoms with van der Waals surface area (Å²) in [4.78, 5) is 13.9. The van der Waals surface area contributed by atoms with Gasteiger partial charge < -0.3 is 10.6 Å². The standard InChI is InChI=1S/C15H22N2O/c1-11(16)15(18)17-9-8-14(12(17)2)10-13-6-4-3-5-7-13/h3-7,11-12,14H,8-10,16H2,1-2H3/t11-,12+,14+/m0/s1. The predicted molar refractivity (Wildman–Crippen MR) is 73.1 cm³/mol. The molecule has 1 aromatic carbocycles. The van der Waals surface area contributed by atoms with Gasteiger partial charge in [0, 0.05) is 12.6 Å². The third kappa shape index (κ3) is 2.72. The summed E-state index contributed by atoms with van der Waals surface area (Å²) in [6.07, 6.45) is 2.12. The zero-order valence-electron chi connectivity index (χ0n) is 11.2. The molecule has 3 heteroatoms. The number of carbonyl (C=O) groups is 1. The first kappa shape index (κ1) is 13.1. The lowest BCUT2D eigenvalue weighted by Gasteiger charge is -2.26. The molecule has 1 aliphatic rings. The number of amides is 1. The Labute approximate surface area is 109 Å². The Morgan fingerprint density at radius 3 is 2.72 bits per heavy atom. The summed E-state index contributed by atoms with van der Waals surface area (Å²) in [6.45, 7) is 4.75. The van der Waals surface area contributed by atoms with Gasteiger partial charge in [0.1, 0.15) is 0 Å². The molecule has 3 atom stereocenters. The summed E-state index contributed by atoms with van der Waals surface area (Å²) in [5, 5.41) is 0. The first-order chi connectivity index (χ1) is 8.59. The lowest BCUT2D eigenvalue weighted by molar-refractivity contribution is -0.133. The largest absolute Gasteiger partial charge is 0.338 e. The van der Waals surface area contributed by atoms with Gasteiger partial charge in [0.15, 0.2) is 0 Å². The maximum atomic E-state index is 12.0. The number of likely N-dealkylation sites (tertiary alicyclic amines) is 1. The zero-order chi connectivity index (χ0) is 13.1. The van der Waals surface area contributed by atoms with Crippen LogP contribution in [0.2, 0.25) is 0 Å². The SMILES string of the molecule is C[C@H](N)C(=O)N1CC[C@H](Cc2ccccc2)[C@H]1C. The minimum atomic E-state index is -0.386. The molecule has 0 saturated carbocycles. The van der Waals surface area contributed by atoms with Crippen molar-refractivity contribution in [1.29, 1.82) is 0 Å². The summed E-state index contributed by atoms with van der Waals surface area (Å²) in [5.41, 5.74) is 7.04. The van der Waals surface area contributed by atoms with Crippen molar-refractivity contribution in [3.8, 4) is 0 Å². The summed E-state index contributed by atoms with van der Waals surface area (Å²) >= 11 is 0. The van der Waals surface area contributed by atoms with Crippen LogP contribution in [-0.4, -0.2) is 29.4 Å². The van der Waals surface area contributed by atoms with Crippen LogP contribution in [0.4, 0.5) is 0 Å². The molecular weight excluding hydrogens is 224 g/mol. The van der Waals surface area contributed by atoms with Crippen LogP contribution in [0.1, 0.15) is 25.8 Å². The number of hydrogen-bond donors (Lipinski definition) is 1. The molecule has 98 valence electrons. The first-order valence-corrected chi connectivity index (χ1v) is 6.69. The van der Waals surface area contributed by atoms with Crippen molar-refractivity contribution in [2.24, 2.45) is 11.7 Å². The summed E-state index contributed by atoms with van der Waals surface area (Å²) in [7, 11) is 0. The van der Waals surface area contributed by atoms with Crippen LogP contribution in [0, 0.1) is 5.92 Å². The Morgan fingerprint density at radius 2 is 2.11 bits per heavy atom. The Kier molecular flexibility index (Phi) is 4.02. The maximum absolute atomic E-state index is 12.0. The van der Waals surface area contributed by atoms with Crippen LogP contribution in [0.25, 0.3) is 0 Å². The minimum Gasteiger partial charge on any atom is -0.338 e. The average molecular weight is 246 g/mol. The zero-order valence-corrected chi connectivity index (χ0v) is 11.2. The number of nitrogens with zero attached hydrogens (tertiary/aromatic N) is 1. The highest BCUT2D eigenvalue weighted by atomic mass is 16.2. The molecule has 0 unspecified atom stereocenters. The fourth-order valence-electron chi connectivity index (χ4n) is 2.77. The number of benzene rings is 1. The van der Waals surface area contributed by atoms with Gasteiger partial charge in [-0.3, -0.25) is 4.79 Å². The van der Waals surface area contributed by atoms with Crippen LogP contribution >= 0.6 is 0 Å². The molecule has 0 aliphatic carbocycles. The predicted octanol–water partition coefficient (Wildman–Crippen LogP) is 1.81. The van der Waals surface area contributed by atoms with Gasteiger partial charge in [-0.25, -0.2) is 0 Å². The number of nitrogens with two attached hydrogens (primary N) is 1. The highest BCUT2D eigenvalue weighted by Crippen LogP contribution is 2.27. The first-order valence-electron chi connectivity index (χ1n) is 6.69. The van der Waals surface area contributed by atoms with E-state index in [1.54, 1.807) is 6.92 Å². The second-order valence-corrected chi connectivity index (χ2v) is 5.30. The second-order valence-electron chi connectivity index (χ2n) is 5.30. The van der Waals surface area contributed by atoms with E-state index >= 15 is 0 Å². The number of rotatable bonds is 3. The molecule has 1 aliphatic heterocycles. The van der Waals surface area contributed by atoms with Crippen LogP contribution in [0.15, 0.2) is 30.3 Å². The van der Waals surface area contributed by atoms with E-state index < -0.39 is 0 Å². The molecule has 1 saturated heterocycles. The van der Waals surface area contributed by atoms with Gasteiger partial charge in [0.05, 0.1) is 6.04 Å². The average Bonchev–Trinajstić information content (AvgIpc) is 2.71. The van der Waals surface area contributed by atoms with Crippen molar-refractivity contribution in [2.45, 2.75) is 38.8 Å². The highest BCUT2D eigenvalue weighted by molar-refractivity contribution is 5.81. The van der Waals surface area contributed by atoms with Crippen molar-refractivity contribution in [3.05, 3.63) is 35.9 Å². The molecule has 1 heterocycles. The molecule has 1 amide bonds. The second kappa shape index (κ2) is 5.53. The van der Waals surface area contributed by atoms with Gasteiger partial charge in [0.2, 0.25) is 5.91 Å². The lowest BCUT2D eigenvalue weighted by Crippen LogP contribution is -2.44. The van der Waals surface area contributed by atoms with E-state index in [1.165, 1.54) is 5.56 Å². The smallest absolute Gasteiger partial charge is 0.239 e. The molecule has 1 aromatic rings. The molecule has 2 N–H and O–H groups in total. The summed E-state index contributed by atoms with van der Waals surface area (Å²) in [5.74, 6) is 0.633. The van der Waals surface area contributed by atoms with Crippen LogP contribution in [0.5, 0.6) is 0 Å². The Balaban J connectivity index is 1.99. The molecule has 18 heavy (non-hydrogen) atoms. The molecule has 0 bridgehead atoms. The van der Waals surface area contributed by atoms with Crippen LogP contribution < -0.4 is 5.73 Å². The van der Waals surface area contributed by atoms with Crippen LogP contribution in [0.3, 0.4) is 0 Å². The van der Waals surface area contributed by atoms with Gasteiger partial charge in [-0.15, -0.1) is 0 Å². The van der Waals surface area contributed by atoms with E-state index in [1.807, 2.05) is 11.0 Å². The fraction of sp³-hybridized carbons (Fsp3) is 0.533. The van der Waals surface area contributed by atoms with E-state index in [2.05, 4.69) is 31.2 Å². The molecule has 3 nitrogen and oxygen atoms in total. The lowest BCUT2D eigenvalue weighted by atomic mass is 9.93. The van der Waals surface area contributed by atoms with Crippen molar-refractivity contribution in [1.82, 2.24) is 4.90 Å². The van der Waals surface area contributed by atoms with Gasteiger partial charge in [-0.1, -0.05) is 30.3 Å². The third-order valence-electron chi connectivity index (χ3n) is 3.93. The fourth-order valence-corrected chi connectivity index (χ4v) is 2.77. The van der Waals surface area contributed by atoms with Crippen molar-refractivity contribution >= 4 is 5.91 Å². The topological polar surface area (TPSA) is 46.3 Å². The van der Waals surface area contributed by atoms with Crippen molar-refractivity contribution in [2.75, 3.05) is 6.54 Å². The normalized spacial score (nSPS) is 25.2. The molecular formula is C15H22N2O. The van der Waals surface area contributed by atoms with Gasteiger partial charge >= 0.3 is 0 Å². The number of carbonyl (C=O) groups excluding carboxylic acids is 1. The van der Waals surface area contributed by atoms with E-state index in [-0.39, 0.29) is 11.9 Å². The van der Waals surface area contributed by atoms with Crippen molar-refractivity contribution < 1.29 is 4.79 Å². The molecule has 0 radical (unpaired) electrons. The summed E-state index contributed by atoms with van der Waals surface area (Å²) in [6, 6.07) is 10.4. The van der Waals surface area contributed by atoms with E-state index in [4.69, 9.17) is 5.73 Å². The molecule has 1 fully saturated rings. The third-order valence-corrected chi connectivity index (χ3v) is 3.93. The quantitative estimate of drug-likeness (QED) is 0.884.